The first-order chi connectivity index (χ1) is 7.14. The topological polar surface area (TPSA) is 46.2 Å². The Morgan fingerprint density at radius 3 is 2.67 bits per heavy atom. The van der Waals surface area contributed by atoms with Crippen LogP contribution in [-0.4, -0.2) is 18.3 Å². The van der Waals surface area contributed by atoms with Crippen LogP contribution in [0.15, 0.2) is 17.5 Å². The molecule has 1 aromatic rings. The molecule has 1 unspecified atom stereocenters. The average Bonchev–Trinajstić information content (AvgIpc) is 2.72. The van der Waals surface area contributed by atoms with E-state index in [4.69, 9.17) is 5.73 Å². The number of rotatable bonds is 6. The van der Waals surface area contributed by atoms with Gasteiger partial charge in [0.25, 0.3) is 0 Å². The average molecular weight is 227 g/mol. The zero-order chi connectivity index (χ0) is 11.3. The zero-order valence-corrected chi connectivity index (χ0v) is 10.4. The van der Waals surface area contributed by atoms with E-state index in [0.29, 0.717) is 12.5 Å². The fraction of sp³-hybridized carbons (Fsp3) is 0.667. The molecule has 0 saturated heterocycles. The predicted molar refractivity (Wildman–Crippen MR) is 66.1 cm³/mol. The lowest BCUT2D eigenvalue weighted by molar-refractivity contribution is 0.0756. The van der Waals surface area contributed by atoms with Crippen LogP contribution in [0.2, 0.25) is 0 Å². The first-order valence-corrected chi connectivity index (χ1v) is 6.36. The smallest absolute Gasteiger partial charge is 0.0502 e. The molecule has 2 nitrogen and oxygen atoms in total. The van der Waals surface area contributed by atoms with E-state index in [1.807, 2.05) is 0 Å². The summed E-state index contributed by atoms with van der Waals surface area (Å²) in [6.45, 7) is 5.02. The number of hydrogen-bond acceptors (Lipinski definition) is 3. The van der Waals surface area contributed by atoms with Gasteiger partial charge in [-0.3, -0.25) is 0 Å². The second-order valence-corrected chi connectivity index (χ2v) is 5.49. The molecule has 0 aromatic carbocycles. The molecule has 0 bridgehead atoms. The number of aliphatic hydroxyl groups excluding tert-OH is 1. The zero-order valence-electron chi connectivity index (χ0n) is 9.57. The molecule has 1 heterocycles. The lowest BCUT2D eigenvalue weighted by Gasteiger charge is -2.34. The standard InChI is InChI=1S/C12H21NOS/c1-10(2)12(8-13,9-14)6-5-11-4-3-7-15-11/h3-4,7,10,14H,5-6,8-9,13H2,1-2H3. The van der Waals surface area contributed by atoms with Crippen molar-refractivity contribution < 1.29 is 5.11 Å². The summed E-state index contributed by atoms with van der Waals surface area (Å²) >= 11 is 1.77. The van der Waals surface area contributed by atoms with E-state index in [2.05, 4.69) is 31.4 Å². The van der Waals surface area contributed by atoms with Gasteiger partial charge in [0.2, 0.25) is 0 Å². The molecule has 0 radical (unpaired) electrons. The molecule has 0 aliphatic rings. The van der Waals surface area contributed by atoms with Crippen LogP contribution in [0.5, 0.6) is 0 Å². The molecule has 0 saturated carbocycles. The molecular weight excluding hydrogens is 206 g/mol. The summed E-state index contributed by atoms with van der Waals surface area (Å²) in [5, 5.41) is 11.6. The van der Waals surface area contributed by atoms with Gasteiger partial charge in [-0.2, -0.15) is 0 Å². The van der Waals surface area contributed by atoms with E-state index in [1.165, 1.54) is 4.88 Å². The van der Waals surface area contributed by atoms with Gasteiger partial charge in [-0.15, -0.1) is 11.3 Å². The molecule has 0 aliphatic carbocycles. The monoisotopic (exact) mass is 227 g/mol. The summed E-state index contributed by atoms with van der Waals surface area (Å²) in [6, 6.07) is 4.21. The van der Waals surface area contributed by atoms with E-state index in [0.717, 1.165) is 12.8 Å². The van der Waals surface area contributed by atoms with Crippen LogP contribution < -0.4 is 5.73 Å². The van der Waals surface area contributed by atoms with Crippen LogP contribution in [0.25, 0.3) is 0 Å². The molecule has 15 heavy (non-hydrogen) atoms. The van der Waals surface area contributed by atoms with E-state index in [1.54, 1.807) is 11.3 Å². The number of hydrogen-bond donors (Lipinski definition) is 2. The first kappa shape index (κ1) is 12.7. The number of nitrogens with two attached hydrogens (primary N) is 1. The Labute approximate surface area is 96.1 Å². The highest BCUT2D eigenvalue weighted by Crippen LogP contribution is 2.32. The minimum Gasteiger partial charge on any atom is -0.396 e. The van der Waals surface area contributed by atoms with Gasteiger partial charge in [0.05, 0.1) is 6.61 Å². The molecule has 3 heteroatoms. The molecule has 0 aliphatic heterocycles. The fourth-order valence-corrected chi connectivity index (χ4v) is 2.49. The molecule has 86 valence electrons. The Hall–Kier alpha value is -0.380. The van der Waals surface area contributed by atoms with Crippen molar-refractivity contribution in [3.05, 3.63) is 22.4 Å². The van der Waals surface area contributed by atoms with Gasteiger partial charge in [-0.05, 0) is 30.2 Å². The van der Waals surface area contributed by atoms with E-state index < -0.39 is 0 Å². The van der Waals surface area contributed by atoms with Crippen molar-refractivity contribution in [1.29, 1.82) is 0 Å². The van der Waals surface area contributed by atoms with Crippen molar-refractivity contribution in [3.8, 4) is 0 Å². The fourth-order valence-electron chi connectivity index (χ4n) is 1.78. The van der Waals surface area contributed by atoms with Gasteiger partial charge in [0.15, 0.2) is 0 Å². The number of aliphatic hydroxyl groups is 1. The highest BCUT2D eigenvalue weighted by molar-refractivity contribution is 7.09. The van der Waals surface area contributed by atoms with Crippen LogP contribution in [0.3, 0.4) is 0 Å². The Morgan fingerprint density at radius 2 is 2.27 bits per heavy atom. The van der Waals surface area contributed by atoms with Gasteiger partial charge in [0, 0.05) is 16.8 Å². The summed E-state index contributed by atoms with van der Waals surface area (Å²) in [4.78, 5) is 1.38. The number of thiophene rings is 1. The number of aryl methyl sites for hydroxylation is 1. The Morgan fingerprint density at radius 1 is 1.53 bits per heavy atom. The van der Waals surface area contributed by atoms with Crippen molar-refractivity contribution in [2.45, 2.75) is 26.7 Å². The van der Waals surface area contributed by atoms with Crippen LogP contribution in [0.4, 0.5) is 0 Å². The van der Waals surface area contributed by atoms with E-state index >= 15 is 0 Å². The predicted octanol–water partition coefficient (Wildman–Crippen LogP) is 2.27. The lowest BCUT2D eigenvalue weighted by atomic mass is 9.74. The third kappa shape index (κ3) is 3.03. The van der Waals surface area contributed by atoms with Gasteiger partial charge >= 0.3 is 0 Å². The first-order valence-electron chi connectivity index (χ1n) is 5.48. The maximum atomic E-state index is 9.50. The summed E-state index contributed by atoms with van der Waals surface area (Å²) in [6.07, 6.45) is 1.99. The normalized spacial score (nSPS) is 15.5. The van der Waals surface area contributed by atoms with Gasteiger partial charge in [-0.25, -0.2) is 0 Å². The van der Waals surface area contributed by atoms with Crippen molar-refractivity contribution in [2.24, 2.45) is 17.1 Å². The van der Waals surface area contributed by atoms with E-state index in [9.17, 15) is 5.11 Å². The molecule has 0 amide bonds. The quantitative estimate of drug-likeness (QED) is 0.783. The largest absolute Gasteiger partial charge is 0.396 e. The van der Waals surface area contributed by atoms with Crippen LogP contribution in [-0.2, 0) is 6.42 Å². The molecule has 1 atom stereocenters. The summed E-state index contributed by atoms with van der Waals surface area (Å²) in [5.41, 5.74) is 5.69. The van der Waals surface area contributed by atoms with Crippen LogP contribution >= 0.6 is 11.3 Å². The molecular formula is C12H21NOS. The maximum Gasteiger partial charge on any atom is 0.0502 e. The van der Waals surface area contributed by atoms with Crippen LogP contribution in [0, 0.1) is 11.3 Å². The Bertz CT molecular complexity index is 265. The van der Waals surface area contributed by atoms with Gasteiger partial charge in [-0.1, -0.05) is 19.9 Å². The van der Waals surface area contributed by atoms with E-state index in [-0.39, 0.29) is 12.0 Å². The van der Waals surface area contributed by atoms with Gasteiger partial charge in [0.1, 0.15) is 0 Å². The molecule has 1 rings (SSSR count). The van der Waals surface area contributed by atoms with Crippen molar-refractivity contribution in [2.75, 3.05) is 13.2 Å². The Kier molecular flexibility index (Phi) is 4.77. The summed E-state index contributed by atoms with van der Waals surface area (Å²) in [5.74, 6) is 0.424. The second kappa shape index (κ2) is 5.64. The Balaban J connectivity index is 2.59. The lowest BCUT2D eigenvalue weighted by Crippen LogP contribution is -2.39. The third-order valence-corrected chi connectivity index (χ3v) is 4.33. The minimum absolute atomic E-state index is 0.107. The summed E-state index contributed by atoms with van der Waals surface area (Å²) < 4.78 is 0. The maximum absolute atomic E-state index is 9.50. The highest BCUT2D eigenvalue weighted by Gasteiger charge is 2.31. The summed E-state index contributed by atoms with van der Waals surface area (Å²) in [7, 11) is 0. The van der Waals surface area contributed by atoms with Crippen LogP contribution in [0.1, 0.15) is 25.1 Å². The molecule has 3 N–H and O–H groups in total. The van der Waals surface area contributed by atoms with Crippen molar-refractivity contribution in [3.63, 3.8) is 0 Å². The SMILES string of the molecule is CC(C)C(CN)(CO)CCc1cccs1. The third-order valence-electron chi connectivity index (χ3n) is 3.40. The minimum atomic E-state index is -0.107. The van der Waals surface area contributed by atoms with Crippen molar-refractivity contribution in [1.82, 2.24) is 0 Å². The molecule has 0 fully saturated rings. The molecule has 1 aromatic heterocycles. The second-order valence-electron chi connectivity index (χ2n) is 4.46. The van der Waals surface area contributed by atoms with Crippen molar-refractivity contribution >= 4 is 11.3 Å². The highest BCUT2D eigenvalue weighted by atomic mass is 32.1. The molecule has 0 spiro atoms. The van der Waals surface area contributed by atoms with Gasteiger partial charge < -0.3 is 10.8 Å².